The molecule has 4 heteroatoms. The van der Waals surface area contributed by atoms with E-state index in [2.05, 4.69) is 59.6 Å². The third-order valence-electron chi connectivity index (χ3n) is 5.47. The number of hydrogen-bond donors (Lipinski definition) is 0. The second kappa shape index (κ2) is 5.31. The number of aromatic nitrogens is 1. The molecule has 3 nitrogen and oxygen atoms in total. The number of fused-ring (bicyclic) bond motifs is 8. The fourth-order valence-corrected chi connectivity index (χ4v) is 9.52. The standard InChI is InChI=1S/C23H15NO2Si/c1-4-11-19-16(8-1)25-17-9-2-5-12-20(17)27(19)21-13-6-3-10-18(21)26-23-22(27)14-7-15-24-23/h1-15H. The first kappa shape index (κ1) is 14.8. The molecule has 0 saturated carbocycles. The van der Waals surface area contributed by atoms with Crippen LogP contribution in [0.2, 0.25) is 0 Å². The van der Waals surface area contributed by atoms with E-state index in [0.717, 1.165) is 17.2 Å². The lowest BCUT2D eigenvalue weighted by Crippen LogP contribution is -2.77. The van der Waals surface area contributed by atoms with Crippen molar-refractivity contribution >= 4 is 28.8 Å². The molecule has 2 aliphatic rings. The Morgan fingerprint density at radius 3 is 1.59 bits per heavy atom. The summed E-state index contributed by atoms with van der Waals surface area (Å²) in [6.45, 7) is 0. The molecule has 0 amide bonds. The summed E-state index contributed by atoms with van der Waals surface area (Å²) in [7, 11) is -2.56. The van der Waals surface area contributed by atoms with Crippen LogP contribution >= 0.6 is 0 Å². The second-order valence-electron chi connectivity index (χ2n) is 6.80. The van der Waals surface area contributed by atoms with Crippen LogP contribution in [0, 0.1) is 0 Å². The van der Waals surface area contributed by atoms with Gasteiger partial charge in [-0.3, -0.25) is 0 Å². The Balaban J connectivity index is 1.85. The molecule has 0 bridgehead atoms. The normalized spacial score (nSPS) is 14.8. The zero-order chi connectivity index (χ0) is 17.8. The van der Waals surface area contributed by atoms with Crippen molar-refractivity contribution in [2.45, 2.75) is 0 Å². The monoisotopic (exact) mass is 365 g/mol. The summed E-state index contributed by atoms with van der Waals surface area (Å²) in [6.07, 6.45) is 1.80. The van der Waals surface area contributed by atoms with Crippen LogP contribution < -0.4 is 30.2 Å². The highest BCUT2D eigenvalue weighted by atomic mass is 28.3. The molecule has 0 radical (unpaired) electrons. The summed E-state index contributed by atoms with van der Waals surface area (Å²) in [4.78, 5) is 4.59. The van der Waals surface area contributed by atoms with Crippen molar-refractivity contribution in [3.05, 3.63) is 91.1 Å². The fourth-order valence-electron chi connectivity index (χ4n) is 4.45. The molecule has 3 heterocycles. The third-order valence-corrected chi connectivity index (χ3v) is 10.3. The largest absolute Gasteiger partial charge is 0.458 e. The quantitative estimate of drug-likeness (QED) is 0.388. The van der Waals surface area contributed by atoms with Gasteiger partial charge in [-0.05, 0) is 39.8 Å². The van der Waals surface area contributed by atoms with E-state index < -0.39 is 8.07 Å². The maximum absolute atomic E-state index is 6.31. The Kier molecular flexibility index (Phi) is 2.91. The fraction of sp³-hybridized carbons (Fsp3) is 0. The molecule has 3 aromatic carbocycles. The highest BCUT2D eigenvalue weighted by molar-refractivity contribution is 7.21. The van der Waals surface area contributed by atoms with Gasteiger partial charge in [-0.25, -0.2) is 4.98 Å². The van der Waals surface area contributed by atoms with Gasteiger partial charge in [0.2, 0.25) is 5.88 Å². The number of para-hydroxylation sites is 3. The van der Waals surface area contributed by atoms with Gasteiger partial charge in [0.05, 0.1) is 0 Å². The lowest BCUT2D eigenvalue weighted by atomic mass is 10.3. The highest BCUT2D eigenvalue weighted by Crippen LogP contribution is 2.34. The summed E-state index contributed by atoms with van der Waals surface area (Å²) < 4.78 is 12.5. The summed E-state index contributed by atoms with van der Waals surface area (Å²) in [6, 6.07) is 29.3. The van der Waals surface area contributed by atoms with Gasteiger partial charge in [0.25, 0.3) is 0 Å². The molecule has 128 valence electrons. The molecular weight excluding hydrogens is 350 g/mol. The van der Waals surface area contributed by atoms with E-state index in [-0.39, 0.29) is 0 Å². The molecule has 0 atom stereocenters. The number of pyridine rings is 1. The minimum Gasteiger partial charge on any atom is -0.458 e. The van der Waals surface area contributed by atoms with Crippen molar-refractivity contribution in [1.82, 2.24) is 4.98 Å². The van der Waals surface area contributed by atoms with Crippen LogP contribution in [0.4, 0.5) is 0 Å². The van der Waals surface area contributed by atoms with E-state index in [4.69, 9.17) is 9.47 Å². The van der Waals surface area contributed by atoms with E-state index in [1.807, 2.05) is 30.3 Å². The van der Waals surface area contributed by atoms with Gasteiger partial charge in [-0.15, -0.1) is 0 Å². The highest BCUT2D eigenvalue weighted by Gasteiger charge is 2.53. The van der Waals surface area contributed by atoms with Crippen molar-refractivity contribution in [3.8, 4) is 23.1 Å². The van der Waals surface area contributed by atoms with Crippen LogP contribution in [-0.2, 0) is 0 Å². The SMILES string of the molecule is c1ccc2c(c1)Oc1ccccc1[Si]21c2ccccc2Oc2ncccc21. The third kappa shape index (κ3) is 1.83. The van der Waals surface area contributed by atoms with Gasteiger partial charge in [0.1, 0.15) is 17.2 Å². The summed E-state index contributed by atoms with van der Waals surface area (Å²) >= 11 is 0. The van der Waals surface area contributed by atoms with Crippen LogP contribution in [0.5, 0.6) is 23.1 Å². The lowest BCUT2D eigenvalue weighted by Gasteiger charge is -2.42. The Morgan fingerprint density at radius 1 is 0.519 bits per heavy atom. The van der Waals surface area contributed by atoms with Gasteiger partial charge in [-0.2, -0.15) is 0 Å². The molecule has 0 N–H and O–H groups in total. The number of rotatable bonds is 0. The second-order valence-corrected chi connectivity index (χ2v) is 10.5. The van der Waals surface area contributed by atoms with Crippen molar-refractivity contribution in [1.29, 1.82) is 0 Å². The van der Waals surface area contributed by atoms with Crippen molar-refractivity contribution in [2.75, 3.05) is 0 Å². The number of hydrogen-bond acceptors (Lipinski definition) is 3. The molecule has 2 aliphatic heterocycles. The molecule has 6 rings (SSSR count). The first-order valence-electron chi connectivity index (χ1n) is 8.99. The minimum atomic E-state index is -2.56. The zero-order valence-electron chi connectivity index (χ0n) is 14.4. The zero-order valence-corrected chi connectivity index (χ0v) is 15.4. The Hall–Kier alpha value is -3.37. The summed E-state index contributed by atoms with van der Waals surface area (Å²) in [5.74, 6) is 3.44. The molecule has 27 heavy (non-hydrogen) atoms. The molecule has 0 aliphatic carbocycles. The Bertz CT molecular complexity index is 1010. The van der Waals surface area contributed by atoms with Crippen molar-refractivity contribution in [2.24, 2.45) is 0 Å². The molecule has 0 unspecified atom stereocenters. The van der Waals surface area contributed by atoms with E-state index in [9.17, 15) is 0 Å². The van der Waals surface area contributed by atoms with E-state index in [0.29, 0.717) is 5.88 Å². The molecule has 4 aromatic rings. The van der Waals surface area contributed by atoms with E-state index in [1.54, 1.807) is 6.20 Å². The maximum atomic E-state index is 6.31. The van der Waals surface area contributed by atoms with Gasteiger partial charge < -0.3 is 9.47 Å². The van der Waals surface area contributed by atoms with Gasteiger partial charge in [-0.1, -0.05) is 60.7 Å². The Labute approximate surface area is 157 Å². The number of nitrogens with zero attached hydrogens (tertiary/aromatic N) is 1. The average molecular weight is 365 g/mol. The van der Waals surface area contributed by atoms with Crippen molar-refractivity contribution in [3.63, 3.8) is 0 Å². The molecule has 0 fully saturated rings. The van der Waals surface area contributed by atoms with Gasteiger partial charge >= 0.3 is 0 Å². The van der Waals surface area contributed by atoms with Gasteiger partial charge in [0.15, 0.2) is 8.07 Å². The first-order chi connectivity index (χ1) is 13.4. The van der Waals surface area contributed by atoms with E-state index >= 15 is 0 Å². The summed E-state index contributed by atoms with van der Waals surface area (Å²) in [5, 5.41) is 4.91. The van der Waals surface area contributed by atoms with E-state index in [1.165, 1.54) is 20.7 Å². The predicted molar refractivity (Wildman–Crippen MR) is 108 cm³/mol. The Morgan fingerprint density at radius 2 is 1.00 bits per heavy atom. The molecule has 0 saturated heterocycles. The topological polar surface area (TPSA) is 31.4 Å². The van der Waals surface area contributed by atoms with Gasteiger partial charge in [0, 0.05) is 11.4 Å². The first-order valence-corrected chi connectivity index (χ1v) is 11.0. The maximum Gasteiger partial charge on any atom is 0.219 e. The average Bonchev–Trinajstić information content (AvgIpc) is 2.73. The minimum absolute atomic E-state index is 0.703. The smallest absolute Gasteiger partial charge is 0.219 e. The van der Waals surface area contributed by atoms with Crippen LogP contribution in [0.1, 0.15) is 0 Å². The molecular formula is C23H15NO2Si. The van der Waals surface area contributed by atoms with Crippen LogP contribution in [0.15, 0.2) is 91.1 Å². The number of benzene rings is 3. The lowest BCUT2D eigenvalue weighted by molar-refractivity contribution is 0.466. The van der Waals surface area contributed by atoms with Crippen LogP contribution in [0.3, 0.4) is 0 Å². The van der Waals surface area contributed by atoms with Crippen molar-refractivity contribution < 1.29 is 9.47 Å². The number of ether oxygens (including phenoxy) is 2. The van der Waals surface area contributed by atoms with Crippen LogP contribution in [0.25, 0.3) is 0 Å². The molecule has 1 aromatic heterocycles. The molecule has 1 spiro atoms. The predicted octanol–water partition coefficient (Wildman–Crippen LogP) is 2.67. The van der Waals surface area contributed by atoms with Crippen LogP contribution in [-0.4, -0.2) is 13.1 Å². The summed E-state index contributed by atoms with van der Waals surface area (Å²) in [5.41, 5.74) is 0.